The molecule has 1 N–H and O–H groups in total. The summed E-state index contributed by atoms with van der Waals surface area (Å²) in [7, 11) is -1.62. The molecule has 0 radical (unpaired) electrons. The molecule has 40 heavy (non-hydrogen) atoms. The van der Waals surface area contributed by atoms with Gasteiger partial charge in [-0.25, -0.2) is 9.78 Å². The number of aromatic nitrogens is 4. The summed E-state index contributed by atoms with van der Waals surface area (Å²) in [5, 5.41) is 2.73. The highest BCUT2D eigenvalue weighted by Gasteiger charge is 2.55. The molecule has 1 amide bonds. The van der Waals surface area contributed by atoms with Gasteiger partial charge in [0.05, 0.1) is 12.9 Å². The minimum atomic E-state index is -1.62. The van der Waals surface area contributed by atoms with Gasteiger partial charge in [0.15, 0.2) is 31.9 Å². The summed E-state index contributed by atoms with van der Waals surface area (Å²) < 4.78 is 26.4. The van der Waals surface area contributed by atoms with E-state index in [2.05, 4.69) is 60.7 Å². The van der Waals surface area contributed by atoms with E-state index < -0.39 is 26.5 Å². The maximum absolute atomic E-state index is 12.5. The molecule has 1 aliphatic carbocycles. The molecular formula is C28H44ClN5O5Si. The molecule has 0 spiro atoms. The molecule has 10 nitrogen and oxygen atoms in total. The zero-order valence-electron chi connectivity index (χ0n) is 25.0. The van der Waals surface area contributed by atoms with E-state index >= 15 is 0 Å². The van der Waals surface area contributed by atoms with E-state index in [0.29, 0.717) is 24.2 Å². The molecule has 1 unspecified atom stereocenters. The van der Waals surface area contributed by atoms with Crippen LogP contribution in [0.4, 0.5) is 10.7 Å². The van der Waals surface area contributed by atoms with Crippen molar-refractivity contribution in [1.29, 1.82) is 0 Å². The number of nitrogens with one attached hydrogen (secondary N) is 1. The number of imidazole rings is 1. The normalized spacial score (nSPS) is 26.1. The van der Waals surface area contributed by atoms with Crippen molar-refractivity contribution < 1.29 is 23.4 Å². The fourth-order valence-electron chi connectivity index (χ4n) is 5.69. The van der Waals surface area contributed by atoms with Crippen LogP contribution in [0.15, 0.2) is 18.5 Å². The van der Waals surface area contributed by atoms with Crippen molar-refractivity contribution in [3.05, 3.63) is 23.6 Å². The first-order chi connectivity index (χ1) is 18.6. The van der Waals surface area contributed by atoms with Crippen molar-refractivity contribution in [3.8, 4) is 0 Å². The zero-order valence-corrected chi connectivity index (χ0v) is 27.0. The number of ether oxygens (including phenoxy) is 3. The Labute approximate surface area is 243 Å². The Morgan fingerprint density at radius 1 is 1.25 bits per heavy atom. The monoisotopic (exact) mass is 593 g/mol. The summed E-state index contributed by atoms with van der Waals surface area (Å²) >= 11 is 6.54. The first kappa shape index (κ1) is 30.9. The number of nitrogens with zero attached hydrogens (tertiary/aromatic N) is 4. The maximum Gasteiger partial charge on any atom is 0.414 e. The first-order valence-corrected chi connectivity index (χ1v) is 17.3. The molecule has 2 fully saturated rings. The summed E-state index contributed by atoms with van der Waals surface area (Å²) in [4.78, 5) is 26.0. The standard InChI is InChI=1S/C28H44ClN5O5Si/c1-17-18(15-37-20-12-10-11-13-36-20)19(26(2,3)4)14-28(17,39-40(8)9)34-16-30-21-22(29)31-24(32-23(21)34)33-25(35)38-27(5,6)7/h16,18-20,40H,1,10-15H2,2-9H3,(H,31,32,33,35)/t18-,19-,20?,28-/m0/s1. The van der Waals surface area contributed by atoms with Gasteiger partial charge >= 0.3 is 6.09 Å². The molecule has 2 aromatic rings. The predicted octanol–water partition coefficient (Wildman–Crippen LogP) is 6.26. The van der Waals surface area contributed by atoms with E-state index in [1.165, 1.54) is 0 Å². The van der Waals surface area contributed by atoms with E-state index in [0.717, 1.165) is 31.4 Å². The number of carbonyl (C=O) groups is 1. The Kier molecular flexibility index (Phi) is 9.02. The number of amides is 1. The molecular weight excluding hydrogens is 550 g/mol. The molecule has 1 saturated heterocycles. The molecule has 3 heterocycles. The fraction of sp³-hybridized carbons (Fsp3) is 0.714. The second kappa shape index (κ2) is 11.7. The fourth-order valence-corrected chi connectivity index (χ4v) is 7.04. The number of carbonyl (C=O) groups excluding carboxylic acids is 1. The molecule has 12 heteroatoms. The van der Waals surface area contributed by atoms with Gasteiger partial charge in [-0.05, 0) is 70.0 Å². The minimum absolute atomic E-state index is 0.0207. The molecule has 1 saturated carbocycles. The van der Waals surface area contributed by atoms with Crippen LogP contribution in [0.3, 0.4) is 0 Å². The summed E-state index contributed by atoms with van der Waals surface area (Å²) in [5.41, 5.74) is 0.144. The van der Waals surface area contributed by atoms with E-state index in [1.54, 1.807) is 27.1 Å². The van der Waals surface area contributed by atoms with Crippen molar-refractivity contribution in [2.24, 2.45) is 17.3 Å². The maximum atomic E-state index is 12.5. The topological polar surface area (TPSA) is 110 Å². The van der Waals surface area contributed by atoms with Crippen LogP contribution >= 0.6 is 11.6 Å². The van der Waals surface area contributed by atoms with Crippen molar-refractivity contribution in [3.63, 3.8) is 0 Å². The molecule has 4 atom stereocenters. The van der Waals surface area contributed by atoms with Gasteiger partial charge in [-0.3, -0.25) is 9.88 Å². The van der Waals surface area contributed by atoms with Crippen LogP contribution in [0.5, 0.6) is 0 Å². The summed E-state index contributed by atoms with van der Waals surface area (Å²) in [6.07, 6.45) is 4.56. The summed E-state index contributed by atoms with van der Waals surface area (Å²) in [5.74, 6) is 0.244. The van der Waals surface area contributed by atoms with Crippen LogP contribution < -0.4 is 5.32 Å². The first-order valence-electron chi connectivity index (χ1n) is 14.1. The molecule has 222 valence electrons. The van der Waals surface area contributed by atoms with Gasteiger partial charge in [0.2, 0.25) is 5.95 Å². The quantitative estimate of drug-likeness (QED) is 0.227. The number of anilines is 1. The second-order valence-corrected chi connectivity index (χ2v) is 15.8. The van der Waals surface area contributed by atoms with Crippen LogP contribution in [-0.4, -0.2) is 59.8 Å². The van der Waals surface area contributed by atoms with Crippen LogP contribution in [0, 0.1) is 17.3 Å². The molecule has 2 aliphatic rings. The van der Waals surface area contributed by atoms with E-state index in [1.807, 2.05) is 4.57 Å². The van der Waals surface area contributed by atoms with E-state index in [9.17, 15) is 4.79 Å². The third-order valence-electron chi connectivity index (χ3n) is 7.43. The molecule has 0 aromatic carbocycles. The molecule has 0 bridgehead atoms. The number of hydrogen-bond acceptors (Lipinski definition) is 8. The van der Waals surface area contributed by atoms with E-state index in [4.69, 9.17) is 30.2 Å². The Bertz CT molecular complexity index is 1230. The number of rotatable bonds is 7. The van der Waals surface area contributed by atoms with Gasteiger partial charge in [-0.1, -0.05) is 39.0 Å². The van der Waals surface area contributed by atoms with Crippen LogP contribution in [0.25, 0.3) is 11.2 Å². The average molecular weight is 594 g/mol. The lowest BCUT2D eigenvalue weighted by Gasteiger charge is -2.36. The molecule has 1 aliphatic heterocycles. The van der Waals surface area contributed by atoms with Crippen molar-refractivity contribution in [1.82, 2.24) is 19.5 Å². The minimum Gasteiger partial charge on any atom is -0.444 e. The Balaban J connectivity index is 1.75. The number of fused-ring (bicyclic) bond motifs is 1. The van der Waals surface area contributed by atoms with Crippen molar-refractivity contribution in [2.45, 2.75) is 97.9 Å². The lowest BCUT2D eigenvalue weighted by Crippen LogP contribution is -2.40. The van der Waals surface area contributed by atoms with Crippen LogP contribution in [-0.2, 0) is 24.4 Å². The Morgan fingerprint density at radius 2 is 1.98 bits per heavy atom. The third-order valence-corrected chi connectivity index (χ3v) is 8.55. The number of halogens is 1. The predicted molar refractivity (Wildman–Crippen MR) is 158 cm³/mol. The zero-order chi connectivity index (χ0) is 29.5. The van der Waals surface area contributed by atoms with Gasteiger partial charge in [-0.2, -0.15) is 9.97 Å². The highest BCUT2D eigenvalue weighted by Crippen LogP contribution is 2.55. The largest absolute Gasteiger partial charge is 0.444 e. The van der Waals surface area contributed by atoms with Gasteiger partial charge in [-0.15, -0.1) is 0 Å². The Hall–Kier alpha value is -2.05. The SMILES string of the molecule is C=C1[C@H](COC2CCCCO2)[C@@H](C(C)(C)C)C[C@@]1(O[SiH](C)C)n1cnc2c(Cl)nc(NC(=O)OC(C)(C)C)nc21. The van der Waals surface area contributed by atoms with Gasteiger partial charge in [0.25, 0.3) is 0 Å². The van der Waals surface area contributed by atoms with Crippen LogP contribution in [0.2, 0.25) is 18.2 Å². The highest BCUT2D eigenvalue weighted by molar-refractivity contribution is 6.48. The van der Waals surface area contributed by atoms with Gasteiger partial charge < -0.3 is 18.6 Å². The summed E-state index contributed by atoms with van der Waals surface area (Å²) in [6.45, 7) is 22.2. The average Bonchev–Trinajstić information content (AvgIpc) is 3.37. The molecule has 4 rings (SSSR count). The summed E-state index contributed by atoms with van der Waals surface area (Å²) in [6, 6.07) is 0. The van der Waals surface area contributed by atoms with Crippen molar-refractivity contribution in [2.75, 3.05) is 18.5 Å². The van der Waals surface area contributed by atoms with E-state index in [-0.39, 0.29) is 34.6 Å². The Morgan fingerprint density at radius 3 is 2.58 bits per heavy atom. The van der Waals surface area contributed by atoms with Crippen LogP contribution in [0.1, 0.15) is 67.2 Å². The second-order valence-electron chi connectivity index (χ2n) is 13.1. The lowest BCUT2D eigenvalue weighted by atomic mass is 9.74. The number of hydrogen-bond donors (Lipinski definition) is 1. The van der Waals surface area contributed by atoms with Gasteiger partial charge in [0.1, 0.15) is 11.1 Å². The third kappa shape index (κ3) is 6.70. The lowest BCUT2D eigenvalue weighted by molar-refractivity contribution is -0.170. The smallest absolute Gasteiger partial charge is 0.414 e. The van der Waals surface area contributed by atoms with Crippen molar-refractivity contribution >= 4 is 43.8 Å². The molecule has 2 aromatic heterocycles. The van der Waals surface area contributed by atoms with Gasteiger partial charge in [0, 0.05) is 18.9 Å². The highest BCUT2D eigenvalue weighted by atomic mass is 35.5.